The van der Waals surface area contributed by atoms with E-state index in [4.69, 9.17) is 0 Å². The summed E-state index contributed by atoms with van der Waals surface area (Å²) in [6, 6.07) is 1.11. The van der Waals surface area contributed by atoms with Crippen molar-refractivity contribution in [3.63, 3.8) is 0 Å². The molecule has 0 aliphatic heterocycles. The summed E-state index contributed by atoms with van der Waals surface area (Å²) in [6.45, 7) is 0. The lowest BCUT2D eigenvalue weighted by molar-refractivity contribution is 0.551. The molecular weight excluding hydrogens is 216 g/mol. The molecule has 0 N–H and O–H groups in total. The van der Waals surface area contributed by atoms with Crippen LogP contribution in [-0.4, -0.2) is 10.3 Å². The van der Waals surface area contributed by atoms with Gasteiger partial charge in [0.2, 0.25) is 5.95 Å². The van der Waals surface area contributed by atoms with Gasteiger partial charge in [0.1, 0.15) is 5.82 Å². The van der Waals surface area contributed by atoms with Crippen molar-refractivity contribution in [2.45, 2.75) is 6.42 Å². The van der Waals surface area contributed by atoms with Crippen LogP contribution in [-0.2, 0) is 6.42 Å². The summed E-state index contributed by atoms with van der Waals surface area (Å²) < 4.78 is 25.1. The molecule has 1 aromatic rings. The van der Waals surface area contributed by atoms with Crippen LogP contribution in [0.3, 0.4) is 0 Å². The maximum absolute atomic E-state index is 12.7. The second-order valence-corrected chi connectivity index (χ2v) is 2.83. The Balaban J connectivity index is 2.93. The van der Waals surface area contributed by atoms with Gasteiger partial charge in [0.25, 0.3) is 0 Å². The molecule has 1 rings (SSSR count). The van der Waals surface area contributed by atoms with Crippen molar-refractivity contribution in [2.24, 2.45) is 0 Å². The molecule has 0 aromatic carbocycles. The van der Waals surface area contributed by atoms with Crippen LogP contribution in [0.2, 0.25) is 0 Å². The molecule has 0 saturated carbocycles. The average Bonchev–Trinajstić information content (AvgIpc) is 1.98. The molecule has 0 atom stereocenters. The molecule has 0 aliphatic rings. The molecule has 0 radical (unpaired) electrons. The van der Waals surface area contributed by atoms with E-state index in [1.807, 2.05) is 0 Å². The maximum Gasteiger partial charge on any atom is 0.213 e. The van der Waals surface area contributed by atoms with Crippen LogP contribution in [0, 0.1) is 11.8 Å². The van der Waals surface area contributed by atoms with Crippen molar-refractivity contribution in [1.29, 1.82) is 0 Å². The highest BCUT2D eigenvalue weighted by molar-refractivity contribution is 9.09. The molecule has 0 fully saturated rings. The van der Waals surface area contributed by atoms with Crippen molar-refractivity contribution in [2.75, 3.05) is 5.33 Å². The van der Waals surface area contributed by atoms with Gasteiger partial charge in [-0.2, -0.15) is 4.39 Å². The van der Waals surface area contributed by atoms with Crippen LogP contribution in [0.4, 0.5) is 8.78 Å². The first-order valence-electron chi connectivity index (χ1n) is 3.10. The lowest BCUT2D eigenvalue weighted by Gasteiger charge is -1.98. The molecule has 0 saturated heterocycles. The van der Waals surface area contributed by atoms with Gasteiger partial charge in [0.05, 0.1) is 6.20 Å². The van der Waals surface area contributed by atoms with Crippen LogP contribution < -0.4 is 0 Å². The highest BCUT2D eigenvalue weighted by Gasteiger charge is 2.02. The number of rotatable bonds is 2. The lowest BCUT2D eigenvalue weighted by Crippen LogP contribution is -1.94. The number of alkyl halides is 1. The Hall–Kier alpha value is -0.510. The van der Waals surface area contributed by atoms with Gasteiger partial charge in [-0.05, 0) is 18.1 Å². The number of pyridine rings is 1. The van der Waals surface area contributed by atoms with Crippen molar-refractivity contribution < 1.29 is 8.78 Å². The molecule has 1 aromatic heterocycles. The van der Waals surface area contributed by atoms with Crippen molar-refractivity contribution >= 4 is 15.9 Å². The van der Waals surface area contributed by atoms with E-state index in [1.54, 1.807) is 0 Å². The third-order valence-electron chi connectivity index (χ3n) is 1.27. The zero-order valence-electron chi connectivity index (χ0n) is 5.65. The highest BCUT2D eigenvalue weighted by atomic mass is 79.9. The summed E-state index contributed by atoms with van der Waals surface area (Å²) in [5.74, 6) is -1.09. The van der Waals surface area contributed by atoms with Gasteiger partial charge >= 0.3 is 0 Å². The standard InChI is InChI=1S/C7H6BrF2N/c8-2-1-5-3-7(10)11-4-6(5)9/h3-4H,1-2H2. The van der Waals surface area contributed by atoms with E-state index in [9.17, 15) is 8.78 Å². The summed E-state index contributed by atoms with van der Waals surface area (Å²) >= 11 is 3.14. The topological polar surface area (TPSA) is 12.9 Å². The normalized spacial score (nSPS) is 10.1. The van der Waals surface area contributed by atoms with E-state index in [-0.39, 0.29) is 0 Å². The number of halogens is 3. The SMILES string of the molecule is Fc1cc(CCBr)c(F)cn1. The number of nitrogens with zero attached hydrogens (tertiary/aromatic N) is 1. The summed E-state index contributed by atoms with van der Waals surface area (Å²) in [5, 5.41) is 0.618. The molecule has 11 heavy (non-hydrogen) atoms. The van der Waals surface area contributed by atoms with E-state index in [0.717, 1.165) is 12.3 Å². The number of aryl methyl sites for hydroxylation is 1. The minimum atomic E-state index is -0.637. The van der Waals surface area contributed by atoms with E-state index in [2.05, 4.69) is 20.9 Å². The third kappa shape index (κ3) is 2.22. The van der Waals surface area contributed by atoms with Crippen LogP contribution in [0.15, 0.2) is 12.3 Å². The van der Waals surface area contributed by atoms with Crippen LogP contribution in [0.5, 0.6) is 0 Å². The predicted molar refractivity (Wildman–Crippen MR) is 41.7 cm³/mol. The minimum absolute atomic E-state index is 0.356. The third-order valence-corrected chi connectivity index (χ3v) is 1.66. The average molecular weight is 222 g/mol. The van der Waals surface area contributed by atoms with Gasteiger partial charge in [-0.3, -0.25) is 0 Å². The Labute approximate surface area is 71.6 Å². The second-order valence-electron chi connectivity index (χ2n) is 2.04. The van der Waals surface area contributed by atoms with Gasteiger partial charge < -0.3 is 0 Å². The second kappa shape index (κ2) is 3.76. The van der Waals surface area contributed by atoms with E-state index in [1.165, 1.54) is 0 Å². The van der Waals surface area contributed by atoms with Gasteiger partial charge in [-0.1, -0.05) is 15.9 Å². The molecule has 0 unspecified atom stereocenters. The smallest absolute Gasteiger partial charge is 0.213 e. The first-order valence-corrected chi connectivity index (χ1v) is 4.22. The fourth-order valence-corrected chi connectivity index (χ4v) is 1.17. The van der Waals surface area contributed by atoms with Crippen LogP contribution in [0.25, 0.3) is 0 Å². The van der Waals surface area contributed by atoms with Crippen LogP contribution in [0.1, 0.15) is 5.56 Å². The number of aromatic nitrogens is 1. The highest BCUT2D eigenvalue weighted by Crippen LogP contribution is 2.08. The van der Waals surface area contributed by atoms with Gasteiger partial charge in [0.15, 0.2) is 0 Å². The summed E-state index contributed by atoms with van der Waals surface area (Å²) in [6.07, 6.45) is 1.37. The summed E-state index contributed by atoms with van der Waals surface area (Å²) in [7, 11) is 0. The fourth-order valence-electron chi connectivity index (χ4n) is 0.745. The molecule has 4 heteroatoms. The Morgan fingerprint density at radius 1 is 1.45 bits per heavy atom. The lowest BCUT2D eigenvalue weighted by atomic mass is 10.2. The maximum atomic E-state index is 12.7. The largest absolute Gasteiger partial charge is 0.225 e. The van der Waals surface area contributed by atoms with Crippen LogP contribution >= 0.6 is 15.9 Å². The monoisotopic (exact) mass is 221 g/mol. The first-order chi connectivity index (χ1) is 5.24. The first kappa shape index (κ1) is 8.59. The minimum Gasteiger partial charge on any atom is -0.225 e. The summed E-state index contributed by atoms with van der Waals surface area (Å²) in [5.41, 5.74) is 0.356. The molecule has 1 heterocycles. The van der Waals surface area contributed by atoms with Crippen molar-refractivity contribution in [3.8, 4) is 0 Å². The number of hydrogen-bond donors (Lipinski definition) is 0. The Bertz CT molecular complexity index is 252. The zero-order valence-corrected chi connectivity index (χ0v) is 7.24. The predicted octanol–water partition coefficient (Wildman–Crippen LogP) is 2.30. The molecule has 0 bridgehead atoms. The van der Waals surface area contributed by atoms with Crippen molar-refractivity contribution in [3.05, 3.63) is 29.6 Å². The number of hydrogen-bond acceptors (Lipinski definition) is 1. The van der Waals surface area contributed by atoms with Gasteiger partial charge in [-0.15, -0.1) is 0 Å². The summed E-state index contributed by atoms with van der Waals surface area (Å²) in [4.78, 5) is 3.16. The zero-order chi connectivity index (χ0) is 8.27. The Morgan fingerprint density at radius 2 is 2.18 bits per heavy atom. The van der Waals surface area contributed by atoms with Crippen molar-refractivity contribution in [1.82, 2.24) is 4.98 Å². The fraction of sp³-hybridized carbons (Fsp3) is 0.286. The molecule has 0 aliphatic carbocycles. The molecule has 0 amide bonds. The molecule has 1 nitrogen and oxygen atoms in total. The van der Waals surface area contributed by atoms with Gasteiger partial charge in [-0.25, -0.2) is 9.37 Å². The van der Waals surface area contributed by atoms with E-state index < -0.39 is 11.8 Å². The molecule has 60 valence electrons. The molecule has 0 spiro atoms. The Morgan fingerprint density at radius 3 is 2.82 bits per heavy atom. The van der Waals surface area contributed by atoms with E-state index >= 15 is 0 Å². The Kier molecular flexibility index (Phi) is 2.93. The van der Waals surface area contributed by atoms with Gasteiger partial charge in [0, 0.05) is 5.33 Å². The quantitative estimate of drug-likeness (QED) is 0.552. The molecular formula is C7H6BrF2N. The van der Waals surface area contributed by atoms with E-state index in [0.29, 0.717) is 17.3 Å².